The molecule has 27 heavy (non-hydrogen) atoms. The van der Waals surface area contributed by atoms with Crippen molar-refractivity contribution in [1.82, 2.24) is 10.6 Å². The SMILES string of the molecule is CCOC(=O)C1=C(COC(=O)C2=Cc3cc(Cl)ccc3OC2)NC(=O)NC1. The minimum atomic E-state index is -0.621. The van der Waals surface area contributed by atoms with Crippen LogP contribution in [0, 0.1) is 0 Å². The molecule has 0 radical (unpaired) electrons. The van der Waals surface area contributed by atoms with Gasteiger partial charge in [0.25, 0.3) is 0 Å². The number of amides is 2. The monoisotopic (exact) mass is 392 g/mol. The molecule has 2 aliphatic rings. The number of benzene rings is 1. The van der Waals surface area contributed by atoms with E-state index in [1.807, 2.05) is 0 Å². The minimum absolute atomic E-state index is 0.00473. The lowest BCUT2D eigenvalue weighted by Crippen LogP contribution is -2.45. The molecule has 2 N–H and O–H groups in total. The van der Waals surface area contributed by atoms with E-state index in [1.165, 1.54) is 0 Å². The van der Waals surface area contributed by atoms with Gasteiger partial charge in [0.1, 0.15) is 19.0 Å². The topological polar surface area (TPSA) is 103 Å². The molecule has 2 heterocycles. The van der Waals surface area contributed by atoms with Gasteiger partial charge in [-0.15, -0.1) is 0 Å². The predicted octanol–water partition coefficient (Wildman–Crippen LogP) is 1.79. The van der Waals surface area contributed by atoms with Crippen LogP contribution >= 0.6 is 11.6 Å². The van der Waals surface area contributed by atoms with Crippen LogP contribution in [0.15, 0.2) is 35.0 Å². The summed E-state index contributed by atoms with van der Waals surface area (Å²) in [4.78, 5) is 35.8. The van der Waals surface area contributed by atoms with Crippen molar-refractivity contribution in [1.29, 1.82) is 0 Å². The molecule has 0 atom stereocenters. The van der Waals surface area contributed by atoms with Crippen molar-refractivity contribution in [2.75, 3.05) is 26.4 Å². The van der Waals surface area contributed by atoms with Crippen LogP contribution in [-0.4, -0.2) is 44.3 Å². The lowest BCUT2D eigenvalue weighted by molar-refractivity contribution is -0.140. The zero-order valence-electron chi connectivity index (χ0n) is 14.5. The largest absolute Gasteiger partial charge is 0.488 e. The molecule has 2 aliphatic heterocycles. The Hall–Kier alpha value is -3.00. The molecule has 1 aromatic rings. The van der Waals surface area contributed by atoms with E-state index >= 15 is 0 Å². The second-order valence-corrected chi connectivity index (χ2v) is 6.14. The van der Waals surface area contributed by atoms with Gasteiger partial charge in [0.05, 0.1) is 30.0 Å². The quantitative estimate of drug-likeness (QED) is 0.740. The first-order valence-corrected chi connectivity index (χ1v) is 8.59. The Kier molecular flexibility index (Phi) is 5.66. The van der Waals surface area contributed by atoms with Gasteiger partial charge < -0.3 is 24.8 Å². The molecular weight excluding hydrogens is 376 g/mol. The Morgan fingerprint density at radius 1 is 1.26 bits per heavy atom. The molecule has 0 spiro atoms. The second-order valence-electron chi connectivity index (χ2n) is 5.70. The van der Waals surface area contributed by atoms with Gasteiger partial charge in [-0.1, -0.05) is 11.6 Å². The van der Waals surface area contributed by atoms with Crippen molar-refractivity contribution in [2.24, 2.45) is 0 Å². The van der Waals surface area contributed by atoms with Gasteiger partial charge in [0, 0.05) is 10.6 Å². The van der Waals surface area contributed by atoms with Crippen LogP contribution in [0.1, 0.15) is 12.5 Å². The first kappa shape index (κ1) is 18.8. The molecule has 0 bridgehead atoms. The van der Waals surface area contributed by atoms with Crippen molar-refractivity contribution in [3.05, 3.63) is 45.6 Å². The van der Waals surface area contributed by atoms with Gasteiger partial charge in [0.15, 0.2) is 0 Å². The third-order valence-electron chi connectivity index (χ3n) is 3.87. The van der Waals surface area contributed by atoms with E-state index in [4.69, 9.17) is 25.8 Å². The van der Waals surface area contributed by atoms with Gasteiger partial charge in [-0.25, -0.2) is 14.4 Å². The third-order valence-corrected chi connectivity index (χ3v) is 4.11. The number of hydrogen-bond acceptors (Lipinski definition) is 6. The van der Waals surface area contributed by atoms with Gasteiger partial charge >= 0.3 is 18.0 Å². The summed E-state index contributed by atoms with van der Waals surface area (Å²) in [5.74, 6) is -0.585. The molecule has 9 heteroatoms. The summed E-state index contributed by atoms with van der Waals surface area (Å²) in [6, 6.07) is 4.60. The lowest BCUT2D eigenvalue weighted by Gasteiger charge is -2.22. The van der Waals surface area contributed by atoms with Crippen LogP contribution in [0.25, 0.3) is 6.08 Å². The number of urea groups is 1. The molecule has 0 saturated carbocycles. The van der Waals surface area contributed by atoms with Crippen molar-refractivity contribution in [2.45, 2.75) is 6.92 Å². The molecule has 0 saturated heterocycles. The van der Waals surface area contributed by atoms with Crippen molar-refractivity contribution < 1.29 is 28.6 Å². The average molecular weight is 393 g/mol. The molecule has 3 rings (SSSR count). The number of ether oxygens (including phenoxy) is 3. The zero-order chi connectivity index (χ0) is 19.4. The first-order chi connectivity index (χ1) is 13.0. The van der Waals surface area contributed by atoms with Crippen LogP contribution in [-0.2, 0) is 19.1 Å². The Labute approximate surface area is 160 Å². The summed E-state index contributed by atoms with van der Waals surface area (Å²) >= 11 is 5.95. The van der Waals surface area contributed by atoms with E-state index in [0.717, 1.165) is 0 Å². The molecule has 0 unspecified atom stereocenters. The summed E-state index contributed by atoms with van der Waals surface area (Å²) in [5.41, 5.74) is 1.35. The van der Waals surface area contributed by atoms with E-state index in [9.17, 15) is 14.4 Å². The van der Waals surface area contributed by atoms with Crippen LogP contribution in [0.2, 0.25) is 5.02 Å². The van der Waals surface area contributed by atoms with Crippen LogP contribution in [0.4, 0.5) is 4.79 Å². The number of fused-ring (bicyclic) bond motifs is 1. The summed E-state index contributed by atoms with van der Waals surface area (Å²) < 4.78 is 15.7. The highest BCUT2D eigenvalue weighted by Gasteiger charge is 2.25. The minimum Gasteiger partial charge on any atom is -0.488 e. The molecule has 2 amide bonds. The number of carbonyl (C=O) groups is 3. The van der Waals surface area contributed by atoms with Gasteiger partial charge in [-0.2, -0.15) is 0 Å². The summed E-state index contributed by atoms with van der Waals surface area (Å²) in [6.07, 6.45) is 1.63. The number of hydrogen-bond donors (Lipinski definition) is 2. The molecule has 8 nitrogen and oxygen atoms in total. The van der Waals surface area contributed by atoms with Gasteiger partial charge in [0.2, 0.25) is 0 Å². The lowest BCUT2D eigenvalue weighted by atomic mass is 10.1. The molecule has 1 aromatic carbocycles. The fourth-order valence-corrected chi connectivity index (χ4v) is 2.75. The molecular formula is C18H17ClN2O6. The standard InChI is InChI=1S/C18H17ClN2O6/c1-2-25-17(23)13-7-20-18(24)21-14(13)9-27-16(22)11-5-10-6-12(19)3-4-15(10)26-8-11/h3-6H,2,7-9H2,1H3,(H2,20,21,24). The molecule has 142 valence electrons. The fraction of sp³-hybridized carbons (Fsp3) is 0.278. The average Bonchev–Trinajstić information content (AvgIpc) is 2.65. The Morgan fingerprint density at radius 2 is 2.07 bits per heavy atom. The maximum atomic E-state index is 12.3. The van der Waals surface area contributed by atoms with Crippen molar-refractivity contribution in [3.8, 4) is 5.75 Å². The van der Waals surface area contributed by atoms with Crippen LogP contribution in [0.3, 0.4) is 0 Å². The van der Waals surface area contributed by atoms with Gasteiger partial charge in [-0.05, 0) is 31.2 Å². The number of nitrogens with one attached hydrogen (secondary N) is 2. The normalized spacial score (nSPS) is 15.6. The summed E-state index contributed by atoms with van der Waals surface area (Å²) in [5, 5.41) is 5.46. The fourth-order valence-electron chi connectivity index (χ4n) is 2.57. The number of carbonyl (C=O) groups excluding carboxylic acids is 3. The number of halogens is 1. The van der Waals surface area contributed by atoms with E-state index in [1.54, 1.807) is 31.2 Å². The van der Waals surface area contributed by atoms with E-state index < -0.39 is 18.0 Å². The molecule has 0 fully saturated rings. The predicted molar refractivity (Wildman–Crippen MR) is 96.1 cm³/mol. The first-order valence-electron chi connectivity index (χ1n) is 8.22. The van der Waals surface area contributed by atoms with Crippen LogP contribution < -0.4 is 15.4 Å². The maximum Gasteiger partial charge on any atom is 0.337 e. The Balaban J connectivity index is 1.72. The molecule has 0 aromatic heterocycles. The molecule has 0 aliphatic carbocycles. The number of rotatable bonds is 5. The van der Waals surface area contributed by atoms with E-state index in [2.05, 4.69) is 10.6 Å². The van der Waals surface area contributed by atoms with Crippen molar-refractivity contribution in [3.63, 3.8) is 0 Å². The second kappa shape index (κ2) is 8.13. The van der Waals surface area contributed by atoms with Gasteiger partial charge in [-0.3, -0.25) is 0 Å². The smallest absolute Gasteiger partial charge is 0.337 e. The van der Waals surface area contributed by atoms with E-state index in [-0.39, 0.29) is 37.6 Å². The third kappa shape index (κ3) is 4.40. The number of esters is 2. The highest BCUT2D eigenvalue weighted by molar-refractivity contribution is 6.30. The summed E-state index contributed by atoms with van der Waals surface area (Å²) in [7, 11) is 0. The van der Waals surface area contributed by atoms with E-state index in [0.29, 0.717) is 21.9 Å². The summed E-state index contributed by atoms with van der Waals surface area (Å²) in [6.45, 7) is 1.63. The highest BCUT2D eigenvalue weighted by Crippen LogP contribution is 2.29. The Bertz CT molecular complexity index is 861. The highest BCUT2D eigenvalue weighted by atomic mass is 35.5. The van der Waals surface area contributed by atoms with Crippen LogP contribution in [0.5, 0.6) is 5.75 Å². The Morgan fingerprint density at radius 3 is 2.85 bits per heavy atom. The zero-order valence-corrected chi connectivity index (χ0v) is 15.2. The maximum absolute atomic E-state index is 12.3. The van der Waals surface area contributed by atoms with Crippen molar-refractivity contribution >= 4 is 35.6 Å².